The molecule has 1 saturated heterocycles. The predicted octanol–water partition coefficient (Wildman–Crippen LogP) is 6.53. The first-order valence-electron chi connectivity index (χ1n) is 12.4. The van der Waals surface area contributed by atoms with E-state index in [4.69, 9.17) is 4.74 Å². The monoisotopic (exact) mass is 575 g/mol. The zero-order valence-corrected chi connectivity index (χ0v) is 22.2. The fraction of sp³-hybridized carbons (Fsp3) is 0.214. The molecule has 5 rings (SSSR count). The van der Waals surface area contributed by atoms with E-state index in [0.717, 1.165) is 36.1 Å². The number of para-hydroxylation sites is 1. The molecule has 194 valence electrons. The van der Waals surface area contributed by atoms with E-state index in [2.05, 4.69) is 51.6 Å². The van der Waals surface area contributed by atoms with Crippen LogP contribution in [0.4, 0.5) is 27.9 Å². The lowest BCUT2D eigenvalue weighted by atomic mass is 10.1. The summed E-state index contributed by atoms with van der Waals surface area (Å²) in [6, 6.07) is 21.8. The van der Waals surface area contributed by atoms with Crippen molar-refractivity contribution < 1.29 is 9.13 Å². The molecule has 1 aliphatic rings. The third kappa shape index (κ3) is 6.83. The highest BCUT2D eigenvalue weighted by Gasteiger charge is 2.16. The van der Waals surface area contributed by atoms with E-state index in [1.54, 1.807) is 24.4 Å². The number of anilines is 4. The van der Waals surface area contributed by atoms with Crippen LogP contribution in [0.5, 0.6) is 5.75 Å². The second-order valence-electron chi connectivity index (χ2n) is 8.75. The molecule has 2 heterocycles. The van der Waals surface area contributed by atoms with Gasteiger partial charge in [-0.25, -0.2) is 9.82 Å². The number of hydrazone groups is 1. The third-order valence-corrected chi connectivity index (χ3v) is 6.47. The Kier molecular flexibility index (Phi) is 8.39. The summed E-state index contributed by atoms with van der Waals surface area (Å²) in [7, 11) is 0. The second-order valence-corrected chi connectivity index (χ2v) is 9.67. The molecule has 3 aromatic carbocycles. The van der Waals surface area contributed by atoms with Crippen molar-refractivity contribution in [2.45, 2.75) is 25.9 Å². The maximum Gasteiger partial charge on any atom is 0.250 e. The lowest BCUT2D eigenvalue weighted by Crippen LogP contribution is -2.31. The van der Waals surface area contributed by atoms with Crippen LogP contribution in [0.3, 0.4) is 0 Å². The average Bonchev–Trinajstić information content (AvgIpc) is 2.94. The standard InChI is InChI=1S/C28H27BrFN7O/c29-22-13-14-25(38-19-20-9-5-6-12-24(20)30)21(17-22)18-31-36-27-33-26(32-23-10-3-1-4-11-23)34-28(35-27)37-15-7-2-8-16-37/h1,3-6,9-14,17-18H,2,7-8,15-16,19H2,(H2,32,33,34,35,36)/b31-18-. The smallest absolute Gasteiger partial charge is 0.250 e. The van der Waals surface area contributed by atoms with Crippen LogP contribution in [-0.4, -0.2) is 34.3 Å². The minimum absolute atomic E-state index is 0.101. The molecule has 38 heavy (non-hydrogen) atoms. The van der Waals surface area contributed by atoms with Gasteiger partial charge in [-0.3, -0.25) is 0 Å². The number of ether oxygens (including phenoxy) is 1. The van der Waals surface area contributed by atoms with E-state index < -0.39 is 0 Å². The summed E-state index contributed by atoms with van der Waals surface area (Å²) in [5.41, 5.74) is 5.00. The Morgan fingerprint density at radius 2 is 1.68 bits per heavy atom. The van der Waals surface area contributed by atoms with Gasteiger partial charge in [0.05, 0.1) is 6.21 Å². The van der Waals surface area contributed by atoms with E-state index in [-0.39, 0.29) is 12.4 Å². The second kappa shape index (κ2) is 12.5. The van der Waals surface area contributed by atoms with Gasteiger partial charge in [0, 0.05) is 34.4 Å². The number of nitrogens with one attached hydrogen (secondary N) is 2. The number of benzene rings is 3. The first-order valence-corrected chi connectivity index (χ1v) is 13.2. The van der Waals surface area contributed by atoms with Crippen molar-refractivity contribution in [3.05, 3.63) is 94.2 Å². The van der Waals surface area contributed by atoms with Crippen LogP contribution in [0.25, 0.3) is 0 Å². The molecule has 4 aromatic rings. The van der Waals surface area contributed by atoms with Crippen LogP contribution in [0, 0.1) is 5.82 Å². The maximum absolute atomic E-state index is 14.0. The molecule has 0 atom stereocenters. The van der Waals surface area contributed by atoms with Gasteiger partial charge in [-0.05, 0) is 55.7 Å². The van der Waals surface area contributed by atoms with Crippen LogP contribution in [-0.2, 0) is 6.61 Å². The zero-order valence-electron chi connectivity index (χ0n) is 20.6. The van der Waals surface area contributed by atoms with E-state index in [1.165, 1.54) is 12.5 Å². The molecule has 0 unspecified atom stereocenters. The Morgan fingerprint density at radius 3 is 2.50 bits per heavy atom. The lowest BCUT2D eigenvalue weighted by Gasteiger charge is -2.26. The van der Waals surface area contributed by atoms with Crippen molar-refractivity contribution in [3.63, 3.8) is 0 Å². The van der Waals surface area contributed by atoms with Crippen LogP contribution in [0.2, 0.25) is 0 Å². The highest BCUT2D eigenvalue weighted by molar-refractivity contribution is 9.10. The number of rotatable bonds is 9. The predicted molar refractivity (Wildman–Crippen MR) is 152 cm³/mol. The summed E-state index contributed by atoms with van der Waals surface area (Å²) >= 11 is 3.49. The molecular weight excluding hydrogens is 549 g/mol. The summed E-state index contributed by atoms with van der Waals surface area (Å²) in [6.07, 6.45) is 5.04. The third-order valence-electron chi connectivity index (χ3n) is 5.97. The Bertz CT molecular complexity index is 1400. The Balaban J connectivity index is 1.35. The summed E-state index contributed by atoms with van der Waals surface area (Å²) in [5, 5.41) is 7.62. The van der Waals surface area contributed by atoms with Crippen molar-refractivity contribution in [1.29, 1.82) is 0 Å². The SMILES string of the molecule is Fc1ccccc1COc1ccc(Br)cc1/C=N\Nc1nc(Nc2ccccc2)nc(N2CCCCC2)n1. The van der Waals surface area contributed by atoms with Gasteiger partial charge in [-0.2, -0.15) is 20.1 Å². The summed E-state index contributed by atoms with van der Waals surface area (Å²) in [5.74, 6) is 1.62. The zero-order chi connectivity index (χ0) is 26.2. The maximum atomic E-state index is 14.0. The molecule has 0 bridgehead atoms. The summed E-state index contributed by atoms with van der Waals surface area (Å²) in [4.78, 5) is 15.9. The summed E-state index contributed by atoms with van der Waals surface area (Å²) < 4.78 is 20.8. The van der Waals surface area contributed by atoms with E-state index in [1.807, 2.05) is 48.5 Å². The van der Waals surface area contributed by atoms with E-state index in [9.17, 15) is 4.39 Å². The van der Waals surface area contributed by atoms with Gasteiger partial charge in [0.25, 0.3) is 0 Å². The number of piperidine rings is 1. The van der Waals surface area contributed by atoms with Crippen LogP contribution < -0.4 is 20.4 Å². The molecule has 8 nitrogen and oxygen atoms in total. The number of halogens is 2. The molecule has 0 spiro atoms. The fourth-order valence-electron chi connectivity index (χ4n) is 4.04. The molecule has 1 fully saturated rings. The van der Waals surface area contributed by atoms with Crippen LogP contribution in [0.15, 0.2) is 82.4 Å². The van der Waals surface area contributed by atoms with Crippen molar-refractivity contribution in [2.75, 3.05) is 28.7 Å². The molecule has 0 aliphatic carbocycles. The van der Waals surface area contributed by atoms with Gasteiger partial charge in [0.2, 0.25) is 17.8 Å². The van der Waals surface area contributed by atoms with Crippen molar-refractivity contribution in [2.24, 2.45) is 5.10 Å². The van der Waals surface area contributed by atoms with Gasteiger partial charge in [0.15, 0.2) is 0 Å². The van der Waals surface area contributed by atoms with Crippen molar-refractivity contribution >= 4 is 45.7 Å². The molecule has 2 N–H and O–H groups in total. The van der Waals surface area contributed by atoms with Crippen molar-refractivity contribution in [3.8, 4) is 5.75 Å². The van der Waals surface area contributed by atoms with Gasteiger partial charge < -0.3 is 15.0 Å². The normalized spacial score (nSPS) is 13.5. The fourth-order valence-corrected chi connectivity index (χ4v) is 4.42. The van der Waals surface area contributed by atoms with Crippen molar-refractivity contribution in [1.82, 2.24) is 15.0 Å². The molecule has 1 aromatic heterocycles. The van der Waals surface area contributed by atoms with Gasteiger partial charge >= 0.3 is 0 Å². The van der Waals surface area contributed by atoms with Crippen LogP contribution >= 0.6 is 15.9 Å². The topological polar surface area (TPSA) is 87.6 Å². The first-order chi connectivity index (χ1) is 18.6. The molecule has 10 heteroatoms. The van der Waals surface area contributed by atoms with E-state index >= 15 is 0 Å². The average molecular weight is 576 g/mol. The quantitative estimate of drug-likeness (QED) is 0.173. The number of hydrogen-bond acceptors (Lipinski definition) is 8. The Hall–Kier alpha value is -4.05. The lowest BCUT2D eigenvalue weighted by molar-refractivity contribution is 0.299. The van der Waals surface area contributed by atoms with Gasteiger partial charge in [-0.1, -0.05) is 52.3 Å². The number of hydrogen-bond donors (Lipinski definition) is 2. The Morgan fingerprint density at radius 1 is 0.921 bits per heavy atom. The first kappa shape index (κ1) is 25.6. The summed E-state index contributed by atoms with van der Waals surface area (Å²) in [6.45, 7) is 1.90. The van der Waals surface area contributed by atoms with Crippen LogP contribution in [0.1, 0.15) is 30.4 Å². The number of aromatic nitrogens is 3. The van der Waals surface area contributed by atoms with Gasteiger partial charge in [0.1, 0.15) is 18.2 Å². The minimum Gasteiger partial charge on any atom is -0.488 e. The molecule has 1 aliphatic heterocycles. The molecular formula is C28H27BrFN7O. The Labute approximate surface area is 229 Å². The largest absolute Gasteiger partial charge is 0.488 e. The van der Waals surface area contributed by atoms with E-state index in [0.29, 0.717) is 34.7 Å². The molecule has 0 saturated carbocycles. The highest BCUT2D eigenvalue weighted by atomic mass is 79.9. The number of nitrogens with zero attached hydrogens (tertiary/aromatic N) is 5. The van der Waals surface area contributed by atoms with Gasteiger partial charge in [-0.15, -0.1) is 0 Å². The molecule has 0 amide bonds. The highest BCUT2D eigenvalue weighted by Crippen LogP contribution is 2.24. The molecule has 0 radical (unpaired) electrons. The minimum atomic E-state index is -0.305.